The van der Waals surface area contributed by atoms with E-state index in [9.17, 15) is 9.59 Å². The molecule has 0 aromatic carbocycles. The lowest BCUT2D eigenvalue weighted by molar-refractivity contribution is -0.137. The zero-order valence-corrected chi connectivity index (χ0v) is 13.9. The molecule has 1 unspecified atom stereocenters. The summed E-state index contributed by atoms with van der Waals surface area (Å²) >= 11 is 0. The molecule has 0 aliphatic carbocycles. The van der Waals surface area contributed by atoms with Crippen molar-refractivity contribution in [2.24, 2.45) is 0 Å². The Bertz CT molecular complexity index is 783. The second-order valence-corrected chi connectivity index (χ2v) is 6.34. The molecular weight excluding hydrogens is 310 g/mol. The van der Waals surface area contributed by atoms with Crippen LogP contribution in [0.25, 0.3) is 11.1 Å². The highest BCUT2D eigenvalue weighted by molar-refractivity contribution is 6.06. The van der Waals surface area contributed by atoms with Gasteiger partial charge in [0, 0.05) is 24.7 Å². The van der Waals surface area contributed by atoms with Crippen molar-refractivity contribution in [1.29, 1.82) is 0 Å². The third-order valence-electron chi connectivity index (χ3n) is 4.56. The van der Waals surface area contributed by atoms with Gasteiger partial charge in [0.05, 0.1) is 16.6 Å². The average molecular weight is 331 g/mol. The van der Waals surface area contributed by atoms with Gasteiger partial charge in [0.1, 0.15) is 0 Å². The molecule has 1 saturated heterocycles. The molecule has 1 amide bonds. The van der Waals surface area contributed by atoms with Crippen LogP contribution in [0.2, 0.25) is 0 Å². The van der Waals surface area contributed by atoms with Crippen LogP contribution in [0.15, 0.2) is 10.6 Å². The largest absolute Gasteiger partial charge is 0.481 e. The van der Waals surface area contributed by atoms with Crippen LogP contribution >= 0.6 is 0 Å². The first-order valence-electron chi connectivity index (χ1n) is 8.23. The molecule has 3 heterocycles. The fourth-order valence-electron chi connectivity index (χ4n) is 3.40. The first-order valence-corrected chi connectivity index (χ1v) is 8.23. The van der Waals surface area contributed by atoms with Crippen molar-refractivity contribution in [3.05, 3.63) is 23.0 Å². The number of rotatable bonds is 4. The standard InChI is InChI=1S/C17H21N3O4/c1-10-9-13(15-11(2)19-24-16(15)18-10)17(23)20-8-4-3-5-12(20)6-7-14(21)22/h9,12H,3-8H2,1-2H3,(H,21,22). The van der Waals surface area contributed by atoms with E-state index in [1.165, 1.54) is 0 Å². The monoisotopic (exact) mass is 331 g/mol. The summed E-state index contributed by atoms with van der Waals surface area (Å²) in [4.78, 5) is 30.1. The molecule has 2 aromatic heterocycles. The van der Waals surface area contributed by atoms with Crippen molar-refractivity contribution in [3.8, 4) is 0 Å². The summed E-state index contributed by atoms with van der Waals surface area (Å²) in [5.41, 5.74) is 2.24. The molecular formula is C17H21N3O4. The number of nitrogens with zero attached hydrogens (tertiary/aromatic N) is 3. The van der Waals surface area contributed by atoms with E-state index in [4.69, 9.17) is 9.63 Å². The summed E-state index contributed by atoms with van der Waals surface area (Å²) in [5.74, 6) is -0.920. The number of hydrogen-bond donors (Lipinski definition) is 1. The van der Waals surface area contributed by atoms with E-state index < -0.39 is 5.97 Å². The van der Waals surface area contributed by atoms with Crippen molar-refractivity contribution in [2.75, 3.05) is 6.54 Å². The maximum atomic E-state index is 13.2. The SMILES string of the molecule is Cc1cc(C(=O)N2CCCCC2CCC(=O)O)c2c(C)noc2n1. The van der Waals surface area contributed by atoms with Crippen LogP contribution in [0.3, 0.4) is 0 Å². The van der Waals surface area contributed by atoms with E-state index in [2.05, 4.69) is 10.1 Å². The Morgan fingerprint density at radius 1 is 1.38 bits per heavy atom. The fourth-order valence-corrected chi connectivity index (χ4v) is 3.40. The zero-order chi connectivity index (χ0) is 17.3. The van der Waals surface area contributed by atoms with Gasteiger partial charge < -0.3 is 14.5 Å². The zero-order valence-electron chi connectivity index (χ0n) is 13.9. The van der Waals surface area contributed by atoms with E-state index >= 15 is 0 Å². The Kier molecular flexibility index (Phi) is 4.51. The minimum atomic E-state index is -0.829. The molecule has 0 bridgehead atoms. The van der Waals surface area contributed by atoms with E-state index in [1.54, 1.807) is 13.0 Å². The first-order chi connectivity index (χ1) is 11.5. The summed E-state index contributed by atoms with van der Waals surface area (Å²) in [6, 6.07) is 1.73. The van der Waals surface area contributed by atoms with Gasteiger partial charge in [0.2, 0.25) is 0 Å². The number of carboxylic acids is 1. The molecule has 1 N–H and O–H groups in total. The van der Waals surface area contributed by atoms with Crippen LogP contribution in [-0.4, -0.2) is 44.6 Å². The number of fused-ring (bicyclic) bond motifs is 1. The third-order valence-corrected chi connectivity index (χ3v) is 4.56. The molecule has 3 rings (SSSR count). The van der Waals surface area contributed by atoms with Crippen molar-refractivity contribution in [2.45, 2.75) is 52.0 Å². The van der Waals surface area contributed by atoms with Crippen LogP contribution in [-0.2, 0) is 4.79 Å². The summed E-state index contributed by atoms with van der Waals surface area (Å²) < 4.78 is 5.20. The minimum absolute atomic E-state index is 0.0361. The lowest BCUT2D eigenvalue weighted by Gasteiger charge is -2.36. The molecule has 24 heavy (non-hydrogen) atoms. The number of aliphatic carboxylic acids is 1. The van der Waals surface area contributed by atoms with Crippen molar-refractivity contribution >= 4 is 23.0 Å². The van der Waals surface area contributed by atoms with E-state index in [0.29, 0.717) is 41.0 Å². The van der Waals surface area contributed by atoms with Crippen LogP contribution in [0.1, 0.15) is 53.8 Å². The molecule has 0 radical (unpaired) electrons. The minimum Gasteiger partial charge on any atom is -0.481 e. The number of hydrogen-bond acceptors (Lipinski definition) is 5. The Labute approximate surface area is 139 Å². The van der Waals surface area contributed by atoms with Gasteiger partial charge in [-0.15, -0.1) is 0 Å². The predicted molar refractivity (Wildman–Crippen MR) is 86.8 cm³/mol. The number of amides is 1. The van der Waals surface area contributed by atoms with Gasteiger partial charge in [-0.25, -0.2) is 4.98 Å². The lowest BCUT2D eigenvalue weighted by Crippen LogP contribution is -2.44. The summed E-state index contributed by atoms with van der Waals surface area (Å²) in [6.45, 7) is 4.25. The number of aromatic nitrogens is 2. The molecule has 2 aromatic rings. The first kappa shape index (κ1) is 16.4. The lowest BCUT2D eigenvalue weighted by atomic mass is 9.96. The molecule has 1 atom stereocenters. The number of pyridine rings is 1. The van der Waals surface area contributed by atoms with Crippen molar-refractivity contribution < 1.29 is 19.2 Å². The smallest absolute Gasteiger partial charge is 0.303 e. The average Bonchev–Trinajstić information content (AvgIpc) is 2.92. The molecule has 7 heteroatoms. The number of carbonyl (C=O) groups is 2. The van der Waals surface area contributed by atoms with Gasteiger partial charge in [-0.2, -0.15) is 0 Å². The second kappa shape index (κ2) is 6.59. The topological polar surface area (TPSA) is 96.5 Å². The Hall–Kier alpha value is -2.44. The van der Waals surface area contributed by atoms with Crippen molar-refractivity contribution in [3.63, 3.8) is 0 Å². The summed E-state index contributed by atoms with van der Waals surface area (Å²) in [6.07, 6.45) is 3.35. The van der Waals surface area contributed by atoms with E-state index in [0.717, 1.165) is 19.3 Å². The Morgan fingerprint density at radius 3 is 2.92 bits per heavy atom. The van der Waals surface area contributed by atoms with Gasteiger partial charge in [0.25, 0.3) is 11.6 Å². The number of piperidine rings is 1. The van der Waals surface area contributed by atoms with E-state index in [-0.39, 0.29) is 18.4 Å². The fraction of sp³-hybridized carbons (Fsp3) is 0.529. The van der Waals surface area contributed by atoms with Crippen LogP contribution < -0.4 is 0 Å². The predicted octanol–water partition coefficient (Wildman–Crippen LogP) is 2.70. The van der Waals surface area contributed by atoms with Crippen LogP contribution in [0, 0.1) is 13.8 Å². The number of aryl methyl sites for hydroxylation is 2. The quantitative estimate of drug-likeness (QED) is 0.925. The highest BCUT2D eigenvalue weighted by Crippen LogP contribution is 2.27. The molecule has 7 nitrogen and oxygen atoms in total. The van der Waals surface area contributed by atoms with Gasteiger partial charge in [0.15, 0.2) is 0 Å². The van der Waals surface area contributed by atoms with E-state index in [1.807, 2.05) is 11.8 Å². The molecule has 128 valence electrons. The highest BCUT2D eigenvalue weighted by atomic mass is 16.5. The normalized spacial score (nSPS) is 18.1. The third kappa shape index (κ3) is 3.11. The summed E-state index contributed by atoms with van der Waals surface area (Å²) in [7, 11) is 0. The maximum Gasteiger partial charge on any atom is 0.303 e. The van der Waals surface area contributed by atoms with Gasteiger partial charge in [-0.05, 0) is 45.6 Å². The van der Waals surface area contributed by atoms with Gasteiger partial charge in [-0.1, -0.05) is 5.16 Å². The van der Waals surface area contributed by atoms with Crippen LogP contribution in [0.4, 0.5) is 0 Å². The second-order valence-electron chi connectivity index (χ2n) is 6.34. The maximum absolute atomic E-state index is 13.2. The molecule has 0 saturated carbocycles. The van der Waals surface area contributed by atoms with Gasteiger partial charge in [-0.3, -0.25) is 9.59 Å². The highest BCUT2D eigenvalue weighted by Gasteiger charge is 2.30. The number of carbonyl (C=O) groups excluding carboxylic acids is 1. The number of carboxylic acid groups (broad SMARTS) is 1. The van der Waals surface area contributed by atoms with Gasteiger partial charge >= 0.3 is 5.97 Å². The molecule has 1 aliphatic heterocycles. The Balaban J connectivity index is 1.94. The molecule has 1 aliphatic rings. The summed E-state index contributed by atoms with van der Waals surface area (Å²) in [5, 5.41) is 13.5. The number of likely N-dealkylation sites (tertiary alicyclic amines) is 1. The molecule has 0 spiro atoms. The van der Waals surface area contributed by atoms with Crippen molar-refractivity contribution in [1.82, 2.24) is 15.0 Å². The van der Waals surface area contributed by atoms with Crippen LogP contribution in [0.5, 0.6) is 0 Å². The Morgan fingerprint density at radius 2 is 2.17 bits per heavy atom. The molecule has 1 fully saturated rings.